The van der Waals surface area contributed by atoms with Gasteiger partial charge in [-0.2, -0.15) is 0 Å². The van der Waals surface area contributed by atoms with E-state index < -0.39 is 0 Å². The maximum atomic E-state index is 5.09. The van der Waals surface area contributed by atoms with Crippen LogP contribution in [0.3, 0.4) is 0 Å². The average molecular weight is 332 g/mol. The van der Waals surface area contributed by atoms with Crippen LogP contribution in [-0.2, 0) is 11.3 Å². The van der Waals surface area contributed by atoms with Crippen LogP contribution in [0.25, 0.3) is 0 Å². The monoisotopic (exact) mass is 332 g/mol. The molecular weight excluding hydrogens is 300 g/mol. The minimum atomic E-state index is 0.541. The maximum Gasteiger partial charge on any atom is 0.191 e. The standard InChI is InChI=1S/C19H32N4O/c1-3-20-19(21-12-8-14-24-2)22-15-18-11-7-13-23(18)16-17-9-5-4-6-10-17/h4-6,9-10,18H,3,7-8,11-16H2,1-2H3,(H2,20,21,22). The number of methoxy groups -OCH3 is 1. The molecule has 0 aliphatic carbocycles. The van der Waals surface area contributed by atoms with Crippen LogP contribution in [-0.4, -0.2) is 56.8 Å². The lowest BCUT2D eigenvalue weighted by Crippen LogP contribution is -2.39. The molecule has 5 heteroatoms. The molecule has 1 aromatic carbocycles. The largest absolute Gasteiger partial charge is 0.385 e. The van der Waals surface area contributed by atoms with E-state index in [4.69, 9.17) is 9.73 Å². The number of nitrogens with zero attached hydrogens (tertiary/aromatic N) is 2. The van der Waals surface area contributed by atoms with Gasteiger partial charge in [0, 0.05) is 39.4 Å². The van der Waals surface area contributed by atoms with Gasteiger partial charge in [-0.1, -0.05) is 30.3 Å². The molecule has 24 heavy (non-hydrogen) atoms. The van der Waals surface area contributed by atoms with Crippen molar-refractivity contribution in [3.63, 3.8) is 0 Å². The third kappa shape index (κ3) is 6.49. The van der Waals surface area contributed by atoms with Crippen molar-refractivity contribution in [3.05, 3.63) is 35.9 Å². The van der Waals surface area contributed by atoms with Crippen LogP contribution in [0.15, 0.2) is 35.3 Å². The zero-order valence-corrected chi connectivity index (χ0v) is 15.1. The van der Waals surface area contributed by atoms with E-state index in [-0.39, 0.29) is 0 Å². The molecule has 2 rings (SSSR count). The third-order valence-corrected chi connectivity index (χ3v) is 4.35. The Kier molecular flexibility index (Phi) is 8.63. The Hall–Kier alpha value is -1.59. The summed E-state index contributed by atoms with van der Waals surface area (Å²) in [4.78, 5) is 7.36. The van der Waals surface area contributed by atoms with Crippen molar-refractivity contribution in [2.75, 3.05) is 39.9 Å². The summed E-state index contributed by atoms with van der Waals surface area (Å²) < 4.78 is 5.09. The van der Waals surface area contributed by atoms with Gasteiger partial charge in [-0.05, 0) is 38.3 Å². The second-order valence-corrected chi connectivity index (χ2v) is 6.24. The molecule has 1 aliphatic heterocycles. The van der Waals surface area contributed by atoms with E-state index in [1.54, 1.807) is 7.11 Å². The number of aliphatic imine (C=N–C) groups is 1. The maximum absolute atomic E-state index is 5.09. The fourth-order valence-electron chi connectivity index (χ4n) is 3.09. The summed E-state index contributed by atoms with van der Waals surface area (Å²) in [7, 11) is 1.74. The SMILES string of the molecule is CCNC(=NCC1CCCN1Cc1ccccc1)NCCCOC. The Morgan fingerprint density at radius 3 is 2.88 bits per heavy atom. The minimum Gasteiger partial charge on any atom is -0.385 e. The predicted octanol–water partition coefficient (Wildman–Crippen LogP) is 2.24. The highest BCUT2D eigenvalue weighted by atomic mass is 16.5. The topological polar surface area (TPSA) is 48.9 Å². The van der Waals surface area contributed by atoms with Crippen molar-refractivity contribution in [1.82, 2.24) is 15.5 Å². The highest BCUT2D eigenvalue weighted by Gasteiger charge is 2.24. The van der Waals surface area contributed by atoms with Gasteiger partial charge in [0.25, 0.3) is 0 Å². The number of hydrogen-bond donors (Lipinski definition) is 2. The summed E-state index contributed by atoms with van der Waals surface area (Å²) in [5.41, 5.74) is 1.39. The van der Waals surface area contributed by atoms with Crippen LogP contribution >= 0.6 is 0 Å². The van der Waals surface area contributed by atoms with E-state index in [9.17, 15) is 0 Å². The van der Waals surface area contributed by atoms with E-state index in [0.717, 1.165) is 45.2 Å². The van der Waals surface area contributed by atoms with Gasteiger partial charge in [-0.25, -0.2) is 0 Å². The number of guanidine groups is 1. The molecule has 1 aliphatic rings. The first-order valence-corrected chi connectivity index (χ1v) is 9.12. The minimum absolute atomic E-state index is 0.541. The second kappa shape index (κ2) is 11.0. The Morgan fingerprint density at radius 1 is 1.29 bits per heavy atom. The fraction of sp³-hybridized carbons (Fsp3) is 0.632. The number of rotatable bonds is 9. The van der Waals surface area contributed by atoms with Crippen molar-refractivity contribution in [3.8, 4) is 0 Å². The van der Waals surface area contributed by atoms with Crippen LogP contribution < -0.4 is 10.6 Å². The number of benzene rings is 1. The summed E-state index contributed by atoms with van der Waals surface area (Å²) >= 11 is 0. The lowest BCUT2D eigenvalue weighted by Gasteiger charge is -2.23. The molecule has 0 amide bonds. The second-order valence-electron chi connectivity index (χ2n) is 6.24. The molecule has 134 valence electrons. The lowest BCUT2D eigenvalue weighted by molar-refractivity contribution is 0.195. The number of nitrogens with one attached hydrogen (secondary N) is 2. The Balaban J connectivity index is 1.84. The molecule has 0 bridgehead atoms. The summed E-state index contributed by atoms with van der Waals surface area (Å²) in [6.07, 6.45) is 3.49. The zero-order valence-electron chi connectivity index (χ0n) is 15.1. The molecule has 0 aromatic heterocycles. The number of hydrogen-bond acceptors (Lipinski definition) is 3. The molecule has 0 spiro atoms. The highest BCUT2D eigenvalue weighted by molar-refractivity contribution is 5.79. The molecule has 1 heterocycles. The summed E-state index contributed by atoms with van der Waals surface area (Å²) in [5.74, 6) is 0.917. The van der Waals surface area contributed by atoms with Crippen LogP contribution in [0.2, 0.25) is 0 Å². The molecule has 1 aromatic rings. The molecule has 1 atom stereocenters. The molecule has 0 saturated carbocycles. The third-order valence-electron chi connectivity index (χ3n) is 4.35. The first-order valence-electron chi connectivity index (χ1n) is 9.12. The lowest BCUT2D eigenvalue weighted by atomic mass is 10.2. The van der Waals surface area contributed by atoms with Crippen LogP contribution in [0, 0.1) is 0 Å². The van der Waals surface area contributed by atoms with Gasteiger partial charge in [0.15, 0.2) is 5.96 Å². The fourth-order valence-corrected chi connectivity index (χ4v) is 3.09. The zero-order chi connectivity index (χ0) is 17.0. The summed E-state index contributed by atoms with van der Waals surface area (Å²) in [6, 6.07) is 11.3. The number of ether oxygens (including phenoxy) is 1. The van der Waals surface area contributed by atoms with E-state index >= 15 is 0 Å². The van der Waals surface area contributed by atoms with Crippen molar-refractivity contribution in [2.24, 2.45) is 4.99 Å². The molecular formula is C19H32N4O. The molecule has 1 unspecified atom stereocenters. The highest BCUT2D eigenvalue weighted by Crippen LogP contribution is 2.20. The van der Waals surface area contributed by atoms with E-state index in [0.29, 0.717) is 6.04 Å². The van der Waals surface area contributed by atoms with Gasteiger partial charge < -0.3 is 15.4 Å². The van der Waals surface area contributed by atoms with Gasteiger partial charge >= 0.3 is 0 Å². The van der Waals surface area contributed by atoms with Crippen molar-refractivity contribution in [1.29, 1.82) is 0 Å². The normalized spacial score (nSPS) is 18.8. The Morgan fingerprint density at radius 2 is 2.12 bits per heavy atom. The Bertz CT molecular complexity index is 478. The van der Waals surface area contributed by atoms with Crippen LogP contribution in [0.5, 0.6) is 0 Å². The average Bonchev–Trinajstić information content (AvgIpc) is 3.04. The van der Waals surface area contributed by atoms with Gasteiger partial charge in [0.1, 0.15) is 0 Å². The first kappa shape index (κ1) is 18.7. The van der Waals surface area contributed by atoms with E-state index in [1.165, 1.54) is 24.9 Å². The summed E-state index contributed by atoms with van der Waals surface area (Å²) in [6.45, 7) is 7.70. The molecule has 0 radical (unpaired) electrons. The smallest absolute Gasteiger partial charge is 0.191 e. The Labute approximate surface area is 146 Å². The van der Waals surface area contributed by atoms with E-state index in [1.807, 2.05) is 0 Å². The van der Waals surface area contributed by atoms with Crippen molar-refractivity contribution >= 4 is 5.96 Å². The molecule has 2 N–H and O–H groups in total. The van der Waals surface area contributed by atoms with Gasteiger partial charge in [-0.3, -0.25) is 9.89 Å². The molecule has 1 saturated heterocycles. The van der Waals surface area contributed by atoms with Gasteiger partial charge in [0.2, 0.25) is 0 Å². The van der Waals surface area contributed by atoms with Gasteiger partial charge in [-0.15, -0.1) is 0 Å². The van der Waals surface area contributed by atoms with Crippen LogP contribution in [0.1, 0.15) is 31.7 Å². The first-order chi connectivity index (χ1) is 11.8. The van der Waals surface area contributed by atoms with Crippen molar-refractivity contribution < 1.29 is 4.74 Å². The predicted molar refractivity (Wildman–Crippen MR) is 100 cm³/mol. The quantitative estimate of drug-likeness (QED) is 0.414. The van der Waals surface area contributed by atoms with E-state index in [2.05, 4.69) is 52.8 Å². The summed E-state index contributed by atoms with van der Waals surface area (Å²) in [5, 5.41) is 6.71. The van der Waals surface area contributed by atoms with Gasteiger partial charge in [0.05, 0.1) is 6.54 Å². The molecule has 5 nitrogen and oxygen atoms in total. The molecule has 1 fully saturated rings. The number of likely N-dealkylation sites (tertiary alicyclic amines) is 1. The van der Waals surface area contributed by atoms with Crippen LogP contribution in [0.4, 0.5) is 0 Å². The van der Waals surface area contributed by atoms with Crippen molar-refractivity contribution in [2.45, 2.75) is 38.8 Å².